The number of nitriles is 1. The van der Waals surface area contributed by atoms with Crippen LogP contribution in [0.15, 0.2) is 24.3 Å². The first-order valence-electron chi connectivity index (χ1n) is 6.86. The fourth-order valence-electron chi connectivity index (χ4n) is 2.60. The lowest BCUT2D eigenvalue weighted by Gasteiger charge is -2.41. The number of hydrogen-bond donors (Lipinski definition) is 0. The van der Waals surface area contributed by atoms with Crippen LogP contribution in [0.3, 0.4) is 0 Å². The quantitative estimate of drug-likeness (QED) is 0.789. The number of rotatable bonds is 3. The molecule has 1 aliphatic heterocycles. The summed E-state index contributed by atoms with van der Waals surface area (Å²) in [5.41, 5.74) is 1.51. The molecule has 0 radical (unpaired) electrons. The Morgan fingerprint density at radius 1 is 1.45 bits per heavy atom. The minimum absolute atomic E-state index is 0.291. The molecule has 1 aromatic carbocycles. The van der Waals surface area contributed by atoms with Crippen LogP contribution in [0.2, 0.25) is 0 Å². The lowest BCUT2D eigenvalue weighted by Crippen LogP contribution is -2.47. The van der Waals surface area contributed by atoms with Gasteiger partial charge in [-0.05, 0) is 30.7 Å². The molecule has 2 rings (SSSR count). The fraction of sp³-hybridized carbons (Fsp3) is 0.471. The van der Waals surface area contributed by atoms with E-state index in [1.807, 2.05) is 31.2 Å². The summed E-state index contributed by atoms with van der Waals surface area (Å²) in [5.74, 6) is 2.59. The van der Waals surface area contributed by atoms with Crippen molar-refractivity contribution in [1.82, 2.24) is 4.90 Å². The van der Waals surface area contributed by atoms with Gasteiger partial charge < -0.3 is 0 Å². The highest BCUT2D eigenvalue weighted by Crippen LogP contribution is 2.36. The first-order chi connectivity index (χ1) is 9.57. The highest BCUT2D eigenvalue weighted by atomic mass is 19.1. The number of terminal acetylenes is 1. The Morgan fingerprint density at radius 3 is 2.70 bits per heavy atom. The van der Waals surface area contributed by atoms with Gasteiger partial charge in [0.1, 0.15) is 6.17 Å². The van der Waals surface area contributed by atoms with Crippen molar-refractivity contribution in [2.75, 3.05) is 13.1 Å². The maximum Gasteiger partial charge on any atom is 0.119 e. The zero-order valence-electron chi connectivity index (χ0n) is 11.8. The van der Waals surface area contributed by atoms with E-state index in [0.29, 0.717) is 13.0 Å². The van der Waals surface area contributed by atoms with Crippen LogP contribution in [0.5, 0.6) is 0 Å². The summed E-state index contributed by atoms with van der Waals surface area (Å²) >= 11 is 0. The minimum atomic E-state index is -0.944. The van der Waals surface area contributed by atoms with Gasteiger partial charge in [0.05, 0.1) is 6.07 Å². The molecule has 3 heteroatoms. The maximum absolute atomic E-state index is 14.3. The van der Waals surface area contributed by atoms with Gasteiger partial charge in [0, 0.05) is 30.5 Å². The normalized spacial score (nSPS) is 26.7. The molecule has 20 heavy (non-hydrogen) atoms. The summed E-state index contributed by atoms with van der Waals surface area (Å²) in [6.45, 7) is 3.83. The van der Waals surface area contributed by atoms with Crippen molar-refractivity contribution in [3.05, 3.63) is 35.4 Å². The molecule has 1 aliphatic rings. The fourth-order valence-corrected chi connectivity index (χ4v) is 2.60. The second-order valence-electron chi connectivity index (χ2n) is 5.78. The molecule has 104 valence electrons. The molecule has 1 heterocycles. The van der Waals surface area contributed by atoms with E-state index < -0.39 is 11.6 Å². The molecule has 0 aliphatic carbocycles. The van der Waals surface area contributed by atoms with Gasteiger partial charge in [-0.25, -0.2) is 4.39 Å². The molecular weight excluding hydrogens is 251 g/mol. The van der Waals surface area contributed by atoms with Crippen molar-refractivity contribution in [2.24, 2.45) is 5.41 Å². The topological polar surface area (TPSA) is 27.0 Å². The maximum atomic E-state index is 14.3. The molecular formula is C17H19FN2. The first kappa shape index (κ1) is 14.6. The summed E-state index contributed by atoms with van der Waals surface area (Å²) in [6, 6.07) is 9.91. The van der Waals surface area contributed by atoms with Gasteiger partial charge in [0.15, 0.2) is 0 Å². The van der Waals surface area contributed by atoms with Crippen LogP contribution < -0.4 is 0 Å². The van der Waals surface area contributed by atoms with E-state index >= 15 is 0 Å². The van der Waals surface area contributed by atoms with Crippen LogP contribution >= 0.6 is 0 Å². The molecule has 1 saturated heterocycles. The smallest absolute Gasteiger partial charge is 0.119 e. The molecule has 0 N–H and O–H groups in total. The third-order valence-corrected chi connectivity index (χ3v) is 4.18. The number of piperidine rings is 1. The average molecular weight is 270 g/mol. The Labute approximate surface area is 120 Å². The zero-order valence-corrected chi connectivity index (χ0v) is 11.8. The molecule has 1 aromatic rings. The van der Waals surface area contributed by atoms with E-state index in [0.717, 1.165) is 30.6 Å². The van der Waals surface area contributed by atoms with Crippen molar-refractivity contribution in [2.45, 2.75) is 32.5 Å². The number of benzene rings is 1. The Balaban J connectivity index is 1.96. The van der Waals surface area contributed by atoms with Crippen molar-refractivity contribution < 1.29 is 4.39 Å². The van der Waals surface area contributed by atoms with Crippen LogP contribution in [-0.2, 0) is 6.54 Å². The summed E-state index contributed by atoms with van der Waals surface area (Å²) in [4.78, 5) is 2.11. The molecule has 0 spiro atoms. The zero-order chi connectivity index (χ0) is 14.6. The van der Waals surface area contributed by atoms with Crippen molar-refractivity contribution in [1.29, 1.82) is 5.26 Å². The van der Waals surface area contributed by atoms with E-state index in [2.05, 4.69) is 16.9 Å². The van der Waals surface area contributed by atoms with Gasteiger partial charge in [-0.15, -0.1) is 6.42 Å². The molecule has 2 atom stereocenters. The van der Waals surface area contributed by atoms with Gasteiger partial charge in [0.2, 0.25) is 0 Å². The summed E-state index contributed by atoms with van der Waals surface area (Å²) < 4.78 is 14.3. The van der Waals surface area contributed by atoms with E-state index in [9.17, 15) is 4.39 Å². The van der Waals surface area contributed by atoms with Crippen molar-refractivity contribution >= 4 is 0 Å². The summed E-state index contributed by atoms with van der Waals surface area (Å²) in [5, 5.41) is 8.81. The number of halogens is 1. The van der Waals surface area contributed by atoms with Gasteiger partial charge in [-0.3, -0.25) is 4.90 Å². The van der Waals surface area contributed by atoms with Crippen LogP contribution in [0, 0.1) is 29.1 Å². The third-order valence-electron chi connectivity index (χ3n) is 4.18. The molecule has 0 bridgehead atoms. The van der Waals surface area contributed by atoms with Gasteiger partial charge in [-0.1, -0.05) is 25.0 Å². The highest BCUT2D eigenvalue weighted by molar-refractivity contribution is 5.34. The van der Waals surface area contributed by atoms with E-state index in [-0.39, 0.29) is 0 Å². The van der Waals surface area contributed by atoms with Crippen LogP contribution in [-0.4, -0.2) is 24.2 Å². The predicted octanol–water partition coefficient (Wildman–Crippen LogP) is 3.13. The lowest BCUT2D eigenvalue weighted by atomic mass is 9.76. The second-order valence-corrected chi connectivity index (χ2v) is 5.78. The minimum Gasteiger partial charge on any atom is -0.296 e. The Kier molecular flexibility index (Phi) is 4.42. The summed E-state index contributed by atoms with van der Waals surface area (Å²) in [7, 11) is 0. The Hall–Kier alpha value is -1.84. The monoisotopic (exact) mass is 270 g/mol. The molecule has 1 unspecified atom stereocenters. The first-order valence-corrected chi connectivity index (χ1v) is 6.86. The van der Waals surface area contributed by atoms with Gasteiger partial charge in [-0.2, -0.15) is 5.26 Å². The highest BCUT2D eigenvalue weighted by Gasteiger charge is 2.39. The van der Waals surface area contributed by atoms with Crippen molar-refractivity contribution in [3.8, 4) is 18.4 Å². The molecule has 2 nitrogen and oxygen atoms in total. The molecule has 0 amide bonds. The third kappa shape index (κ3) is 3.18. The molecule has 1 fully saturated rings. The summed E-state index contributed by atoms with van der Waals surface area (Å²) in [6.07, 6.45) is 5.40. The van der Waals surface area contributed by atoms with Gasteiger partial charge >= 0.3 is 0 Å². The van der Waals surface area contributed by atoms with E-state index in [1.54, 1.807) is 0 Å². The van der Waals surface area contributed by atoms with E-state index in [4.69, 9.17) is 11.7 Å². The van der Waals surface area contributed by atoms with E-state index in [1.165, 1.54) is 0 Å². The lowest BCUT2D eigenvalue weighted by molar-refractivity contribution is 0.0186. The number of likely N-dealkylation sites (tertiary alicyclic amines) is 1. The number of alkyl halides is 1. The predicted molar refractivity (Wildman–Crippen MR) is 77.5 cm³/mol. The molecule has 0 aromatic heterocycles. The SMILES string of the molecule is C#Cc1ccc(CN2CC[C@](C)(CC#N)C(F)C2)cc1. The molecule has 0 saturated carbocycles. The average Bonchev–Trinajstić information content (AvgIpc) is 2.44. The van der Waals surface area contributed by atoms with Gasteiger partial charge in [0.25, 0.3) is 0 Å². The number of hydrogen-bond acceptors (Lipinski definition) is 2. The largest absolute Gasteiger partial charge is 0.296 e. The Morgan fingerprint density at radius 2 is 2.15 bits per heavy atom. The second kappa shape index (κ2) is 6.07. The number of nitrogens with zero attached hydrogens (tertiary/aromatic N) is 2. The van der Waals surface area contributed by atoms with Crippen LogP contribution in [0.4, 0.5) is 4.39 Å². The van der Waals surface area contributed by atoms with Crippen molar-refractivity contribution in [3.63, 3.8) is 0 Å². The van der Waals surface area contributed by atoms with Crippen LogP contribution in [0.1, 0.15) is 30.9 Å². The standard InChI is InChI=1S/C17H19FN2/c1-3-14-4-6-15(7-5-14)12-20-11-9-17(2,8-10-19)16(18)13-20/h1,4-7,16H,8-9,11-13H2,2H3/t16?,17-/m0/s1. The Bertz CT molecular complexity index is 538. The van der Waals surface area contributed by atoms with Crippen LogP contribution in [0.25, 0.3) is 0 Å².